The van der Waals surface area contributed by atoms with Crippen molar-refractivity contribution in [1.82, 2.24) is 15.1 Å². The number of rotatable bonds is 4. The van der Waals surface area contributed by atoms with E-state index in [1.807, 2.05) is 42.3 Å². The highest BCUT2D eigenvalue weighted by Gasteiger charge is 2.27. The lowest BCUT2D eigenvalue weighted by Crippen LogP contribution is -2.33. The zero-order valence-corrected chi connectivity index (χ0v) is 16.1. The lowest BCUT2D eigenvalue weighted by atomic mass is 9.87. The molecule has 2 aromatic carbocycles. The zero-order chi connectivity index (χ0) is 19.5. The third kappa shape index (κ3) is 3.48. The molecular formula is C23H23N3O2. The van der Waals surface area contributed by atoms with E-state index in [2.05, 4.69) is 34.5 Å². The molecule has 0 unspecified atom stereocenters. The summed E-state index contributed by atoms with van der Waals surface area (Å²) in [5.74, 6) is 0.483. The Kier molecular flexibility index (Phi) is 5.06. The largest absolute Gasteiger partial charge is 0.480 e. The molecule has 142 valence electrons. The second-order valence-corrected chi connectivity index (χ2v) is 7.06. The maximum Gasteiger partial charge on any atom is 0.254 e. The molecule has 4 rings (SSSR count). The van der Waals surface area contributed by atoms with Crippen LogP contribution in [0.15, 0.2) is 60.7 Å². The molecule has 0 spiro atoms. The van der Waals surface area contributed by atoms with E-state index in [4.69, 9.17) is 4.74 Å². The number of amides is 1. The number of hydrogen-bond acceptors (Lipinski definition) is 4. The SMILES string of the molecule is COc1ccc(-c2cccc(C(=O)N(C)[C@@H]3CCCc4ccccc43)c2)nn1. The number of methoxy groups -OCH3 is 1. The van der Waals surface area contributed by atoms with Gasteiger partial charge in [0.05, 0.1) is 18.8 Å². The first-order chi connectivity index (χ1) is 13.7. The number of aromatic nitrogens is 2. The van der Waals surface area contributed by atoms with Crippen LogP contribution < -0.4 is 4.74 Å². The van der Waals surface area contributed by atoms with Gasteiger partial charge in [0.25, 0.3) is 5.91 Å². The topological polar surface area (TPSA) is 55.3 Å². The Hall–Kier alpha value is -3.21. The monoisotopic (exact) mass is 373 g/mol. The van der Waals surface area contributed by atoms with E-state index in [-0.39, 0.29) is 11.9 Å². The van der Waals surface area contributed by atoms with E-state index in [0.717, 1.165) is 24.8 Å². The minimum absolute atomic E-state index is 0.0185. The second-order valence-electron chi connectivity index (χ2n) is 7.06. The van der Waals surface area contributed by atoms with Crippen LogP contribution >= 0.6 is 0 Å². The molecule has 0 aliphatic heterocycles. The van der Waals surface area contributed by atoms with Crippen molar-refractivity contribution in [3.05, 3.63) is 77.4 Å². The minimum Gasteiger partial charge on any atom is -0.480 e. The summed E-state index contributed by atoms with van der Waals surface area (Å²) in [7, 11) is 3.46. The fourth-order valence-corrected chi connectivity index (χ4v) is 3.87. The van der Waals surface area contributed by atoms with Crippen LogP contribution in [0.25, 0.3) is 11.3 Å². The first kappa shape index (κ1) is 18.2. The second kappa shape index (κ2) is 7.80. The number of hydrogen-bond donors (Lipinski definition) is 0. The number of aryl methyl sites for hydroxylation is 1. The lowest BCUT2D eigenvalue weighted by molar-refractivity contribution is 0.0715. The third-order valence-corrected chi connectivity index (χ3v) is 5.38. The van der Waals surface area contributed by atoms with Crippen LogP contribution in [0.5, 0.6) is 5.88 Å². The van der Waals surface area contributed by atoms with Crippen molar-refractivity contribution in [1.29, 1.82) is 0 Å². The molecule has 28 heavy (non-hydrogen) atoms. The Morgan fingerprint density at radius 3 is 2.71 bits per heavy atom. The summed E-state index contributed by atoms with van der Waals surface area (Å²) >= 11 is 0. The molecule has 0 fully saturated rings. The van der Waals surface area contributed by atoms with Crippen molar-refractivity contribution in [2.45, 2.75) is 25.3 Å². The summed E-state index contributed by atoms with van der Waals surface area (Å²) < 4.78 is 5.06. The molecule has 1 atom stereocenters. The maximum absolute atomic E-state index is 13.2. The highest BCUT2D eigenvalue weighted by atomic mass is 16.5. The van der Waals surface area contributed by atoms with Gasteiger partial charge in [-0.1, -0.05) is 36.4 Å². The van der Waals surface area contributed by atoms with Gasteiger partial charge >= 0.3 is 0 Å². The molecule has 0 radical (unpaired) electrons. The molecule has 3 aromatic rings. The molecule has 1 amide bonds. The summed E-state index contributed by atoms with van der Waals surface area (Å²) in [4.78, 5) is 15.1. The summed E-state index contributed by atoms with van der Waals surface area (Å²) in [5, 5.41) is 8.20. The normalized spacial score (nSPS) is 15.6. The van der Waals surface area contributed by atoms with Gasteiger partial charge in [-0.05, 0) is 48.6 Å². The lowest BCUT2D eigenvalue weighted by Gasteiger charge is -2.33. The van der Waals surface area contributed by atoms with Gasteiger partial charge in [0.15, 0.2) is 0 Å². The molecular weight excluding hydrogens is 350 g/mol. The summed E-state index contributed by atoms with van der Waals surface area (Å²) in [6.07, 6.45) is 3.17. The first-order valence-corrected chi connectivity index (χ1v) is 9.50. The number of benzene rings is 2. The first-order valence-electron chi connectivity index (χ1n) is 9.50. The van der Waals surface area contributed by atoms with Crippen molar-refractivity contribution in [2.24, 2.45) is 0 Å². The highest BCUT2D eigenvalue weighted by Crippen LogP contribution is 2.34. The summed E-state index contributed by atoms with van der Waals surface area (Å²) in [6, 6.07) is 19.7. The molecule has 1 heterocycles. The van der Waals surface area contributed by atoms with Crippen molar-refractivity contribution in [3.8, 4) is 17.1 Å². The van der Waals surface area contributed by atoms with Gasteiger partial charge in [-0.3, -0.25) is 4.79 Å². The van der Waals surface area contributed by atoms with Crippen LogP contribution in [0.3, 0.4) is 0 Å². The van der Waals surface area contributed by atoms with E-state index in [1.54, 1.807) is 13.2 Å². The van der Waals surface area contributed by atoms with Gasteiger partial charge in [0, 0.05) is 24.2 Å². The summed E-state index contributed by atoms with van der Waals surface area (Å²) in [5.41, 5.74) is 4.84. The van der Waals surface area contributed by atoms with Gasteiger partial charge in [-0.25, -0.2) is 0 Å². The maximum atomic E-state index is 13.2. The Labute approximate surface area is 165 Å². The van der Waals surface area contributed by atoms with Crippen LogP contribution in [0.1, 0.15) is 40.4 Å². The molecule has 1 aliphatic rings. The average Bonchev–Trinajstić information content (AvgIpc) is 2.78. The van der Waals surface area contributed by atoms with Crippen LogP contribution in [-0.2, 0) is 6.42 Å². The van der Waals surface area contributed by atoms with Crippen molar-refractivity contribution in [3.63, 3.8) is 0 Å². The zero-order valence-electron chi connectivity index (χ0n) is 16.1. The molecule has 5 nitrogen and oxygen atoms in total. The average molecular weight is 373 g/mol. The van der Waals surface area contributed by atoms with Crippen LogP contribution in [0.4, 0.5) is 0 Å². The number of nitrogens with zero attached hydrogens (tertiary/aromatic N) is 3. The number of ether oxygens (including phenoxy) is 1. The number of carbonyl (C=O) groups is 1. The molecule has 5 heteroatoms. The molecule has 0 N–H and O–H groups in total. The van der Waals surface area contributed by atoms with Crippen LogP contribution in [0.2, 0.25) is 0 Å². The Balaban J connectivity index is 1.60. The minimum atomic E-state index is 0.0185. The van der Waals surface area contributed by atoms with Gasteiger partial charge in [-0.15, -0.1) is 10.2 Å². The van der Waals surface area contributed by atoms with Gasteiger partial charge in [0.2, 0.25) is 5.88 Å². The Bertz CT molecular complexity index is 985. The van der Waals surface area contributed by atoms with Gasteiger partial charge in [0.1, 0.15) is 0 Å². The van der Waals surface area contributed by atoms with E-state index in [1.165, 1.54) is 11.1 Å². The van der Waals surface area contributed by atoms with Crippen molar-refractivity contribution >= 4 is 5.91 Å². The third-order valence-electron chi connectivity index (χ3n) is 5.38. The van der Waals surface area contributed by atoms with Crippen molar-refractivity contribution in [2.75, 3.05) is 14.2 Å². The van der Waals surface area contributed by atoms with Crippen LogP contribution in [0, 0.1) is 0 Å². The number of carbonyl (C=O) groups excluding carboxylic acids is 1. The molecule has 1 aromatic heterocycles. The van der Waals surface area contributed by atoms with E-state index in [9.17, 15) is 4.79 Å². The standard InChI is InChI=1S/C23H23N3O2/c1-26(21-12-6-8-16-7-3-4-11-19(16)21)23(27)18-10-5-9-17(15-18)20-13-14-22(28-2)25-24-20/h3-5,7,9-11,13-15,21H,6,8,12H2,1-2H3/t21-/m1/s1. The molecule has 0 bridgehead atoms. The Morgan fingerprint density at radius 1 is 1.07 bits per heavy atom. The smallest absolute Gasteiger partial charge is 0.254 e. The van der Waals surface area contributed by atoms with Gasteiger partial charge in [-0.2, -0.15) is 0 Å². The quantitative estimate of drug-likeness (QED) is 0.684. The predicted molar refractivity (Wildman–Crippen MR) is 108 cm³/mol. The van der Waals surface area contributed by atoms with E-state index >= 15 is 0 Å². The molecule has 0 saturated heterocycles. The van der Waals surface area contributed by atoms with E-state index in [0.29, 0.717) is 17.1 Å². The van der Waals surface area contributed by atoms with E-state index < -0.39 is 0 Å². The van der Waals surface area contributed by atoms with Crippen molar-refractivity contribution < 1.29 is 9.53 Å². The summed E-state index contributed by atoms with van der Waals surface area (Å²) in [6.45, 7) is 0. The predicted octanol–water partition coefficient (Wildman–Crippen LogP) is 4.30. The number of fused-ring (bicyclic) bond motifs is 1. The molecule has 0 saturated carbocycles. The molecule has 1 aliphatic carbocycles. The highest BCUT2D eigenvalue weighted by molar-refractivity contribution is 5.95. The fraction of sp³-hybridized carbons (Fsp3) is 0.261. The fourth-order valence-electron chi connectivity index (χ4n) is 3.87. The van der Waals surface area contributed by atoms with Crippen LogP contribution in [-0.4, -0.2) is 35.2 Å². The Morgan fingerprint density at radius 2 is 1.93 bits per heavy atom. The van der Waals surface area contributed by atoms with Gasteiger partial charge < -0.3 is 9.64 Å².